The quantitative estimate of drug-likeness (QED) is 0.751. The van der Waals surface area contributed by atoms with E-state index < -0.39 is 0 Å². The lowest BCUT2D eigenvalue weighted by molar-refractivity contribution is 0.102. The van der Waals surface area contributed by atoms with Gasteiger partial charge in [-0.3, -0.25) is 10.1 Å². The number of pyridine rings is 1. The number of anilines is 1. The summed E-state index contributed by atoms with van der Waals surface area (Å²) in [6.45, 7) is 0. The van der Waals surface area contributed by atoms with Gasteiger partial charge < -0.3 is 0 Å². The van der Waals surface area contributed by atoms with Gasteiger partial charge in [0.25, 0.3) is 5.91 Å². The van der Waals surface area contributed by atoms with Crippen molar-refractivity contribution in [2.45, 2.75) is 0 Å². The van der Waals surface area contributed by atoms with Crippen LogP contribution in [-0.2, 0) is 0 Å². The molecule has 0 radical (unpaired) electrons. The van der Waals surface area contributed by atoms with E-state index in [-0.39, 0.29) is 11.1 Å². The zero-order chi connectivity index (χ0) is 14.7. The second kappa shape index (κ2) is 5.99. The van der Waals surface area contributed by atoms with E-state index >= 15 is 0 Å². The minimum absolute atomic E-state index is 0.268. The molecule has 0 bridgehead atoms. The molecular weight excluding hydrogens is 308 g/mol. The van der Waals surface area contributed by atoms with E-state index in [1.165, 1.54) is 23.6 Å². The van der Waals surface area contributed by atoms with E-state index in [0.29, 0.717) is 10.7 Å². The molecule has 1 N–H and O–H groups in total. The molecule has 1 aromatic carbocycles. The van der Waals surface area contributed by atoms with Crippen molar-refractivity contribution in [1.29, 1.82) is 0 Å². The van der Waals surface area contributed by atoms with Gasteiger partial charge in [0.1, 0.15) is 10.2 Å². The molecule has 3 aromatic rings. The third-order valence-electron chi connectivity index (χ3n) is 2.65. The molecule has 0 spiro atoms. The predicted octanol–water partition coefficient (Wildman–Crippen LogP) is 3.51. The van der Waals surface area contributed by atoms with E-state index in [9.17, 15) is 4.79 Å². The van der Waals surface area contributed by atoms with Crippen LogP contribution in [-0.4, -0.2) is 21.1 Å². The highest BCUT2D eigenvalue weighted by molar-refractivity contribution is 7.18. The van der Waals surface area contributed by atoms with E-state index in [4.69, 9.17) is 11.6 Å². The van der Waals surface area contributed by atoms with Crippen LogP contribution in [0, 0.1) is 0 Å². The van der Waals surface area contributed by atoms with Crippen LogP contribution in [0.5, 0.6) is 0 Å². The Kier molecular flexibility index (Phi) is 3.89. The Morgan fingerprint density at radius 3 is 2.71 bits per heavy atom. The van der Waals surface area contributed by atoms with Gasteiger partial charge in [0.15, 0.2) is 0 Å². The van der Waals surface area contributed by atoms with Crippen molar-refractivity contribution >= 4 is 34.0 Å². The number of amides is 1. The number of carbonyl (C=O) groups is 1. The Balaban J connectivity index is 1.77. The summed E-state index contributed by atoms with van der Waals surface area (Å²) in [6.07, 6.45) is 1.48. The fourth-order valence-electron chi connectivity index (χ4n) is 1.68. The molecule has 0 atom stereocenters. The number of halogens is 1. The standard InChI is InChI=1S/C14H9ClN4OS/c15-11-8-10(6-7-16-11)12(20)17-14-19-18-13(21-14)9-4-2-1-3-5-9/h1-8H,(H,17,19,20). The number of rotatable bonds is 3. The first-order valence-corrected chi connectivity index (χ1v) is 7.23. The molecule has 0 aliphatic rings. The van der Waals surface area contributed by atoms with Gasteiger partial charge in [0.2, 0.25) is 5.13 Å². The molecule has 0 aliphatic heterocycles. The van der Waals surface area contributed by atoms with Crippen molar-refractivity contribution in [2.24, 2.45) is 0 Å². The molecule has 0 saturated heterocycles. The lowest BCUT2D eigenvalue weighted by Crippen LogP contribution is -2.11. The maximum absolute atomic E-state index is 12.1. The summed E-state index contributed by atoms with van der Waals surface area (Å²) in [6, 6.07) is 12.7. The second-order valence-corrected chi connectivity index (χ2v) is 5.46. The van der Waals surface area contributed by atoms with E-state index in [1.54, 1.807) is 6.07 Å². The van der Waals surface area contributed by atoms with E-state index in [0.717, 1.165) is 10.6 Å². The van der Waals surface area contributed by atoms with E-state index in [1.807, 2.05) is 30.3 Å². The van der Waals surface area contributed by atoms with Gasteiger partial charge in [-0.2, -0.15) is 0 Å². The van der Waals surface area contributed by atoms with Gasteiger partial charge in [0, 0.05) is 17.3 Å². The molecule has 0 fully saturated rings. The Morgan fingerprint density at radius 2 is 1.95 bits per heavy atom. The number of hydrogen-bond donors (Lipinski definition) is 1. The van der Waals surface area contributed by atoms with Gasteiger partial charge in [-0.25, -0.2) is 4.98 Å². The van der Waals surface area contributed by atoms with Gasteiger partial charge in [-0.15, -0.1) is 10.2 Å². The van der Waals surface area contributed by atoms with Crippen LogP contribution < -0.4 is 5.32 Å². The highest BCUT2D eigenvalue weighted by Crippen LogP contribution is 2.26. The molecule has 2 heterocycles. The molecule has 3 rings (SSSR count). The van der Waals surface area contributed by atoms with Crippen LogP contribution in [0.4, 0.5) is 5.13 Å². The zero-order valence-electron chi connectivity index (χ0n) is 10.7. The largest absolute Gasteiger partial charge is 0.296 e. The third kappa shape index (κ3) is 3.24. The van der Waals surface area contributed by atoms with Gasteiger partial charge in [-0.05, 0) is 12.1 Å². The molecule has 1 amide bonds. The maximum atomic E-state index is 12.1. The number of nitrogens with one attached hydrogen (secondary N) is 1. The molecule has 104 valence electrons. The molecule has 0 unspecified atom stereocenters. The average Bonchev–Trinajstić information content (AvgIpc) is 2.97. The Morgan fingerprint density at radius 1 is 1.14 bits per heavy atom. The summed E-state index contributed by atoms with van der Waals surface area (Å²) in [7, 11) is 0. The minimum Gasteiger partial charge on any atom is -0.296 e. The Bertz CT molecular complexity index is 775. The highest BCUT2D eigenvalue weighted by atomic mass is 35.5. The van der Waals surface area contributed by atoms with Gasteiger partial charge >= 0.3 is 0 Å². The molecular formula is C14H9ClN4OS. The number of hydrogen-bond acceptors (Lipinski definition) is 5. The van der Waals surface area contributed by atoms with Crippen molar-refractivity contribution in [1.82, 2.24) is 15.2 Å². The topological polar surface area (TPSA) is 67.8 Å². The van der Waals surface area contributed by atoms with Gasteiger partial charge in [-0.1, -0.05) is 53.3 Å². The highest BCUT2D eigenvalue weighted by Gasteiger charge is 2.11. The van der Waals surface area contributed by atoms with Crippen molar-refractivity contribution in [3.05, 3.63) is 59.4 Å². The molecule has 0 aliphatic carbocycles. The summed E-state index contributed by atoms with van der Waals surface area (Å²) >= 11 is 7.07. The number of nitrogens with zero attached hydrogens (tertiary/aromatic N) is 3. The van der Waals surface area contributed by atoms with Crippen LogP contribution in [0.25, 0.3) is 10.6 Å². The third-order valence-corrected chi connectivity index (χ3v) is 3.75. The first-order chi connectivity index (χ1) is 10.2. The van der Waals surface area contributed by atoms with Crippen LogP contribution in [0.3, 0.4) is 0 Å². The fraction of sp³-hybridized carbons (Fsp3) is 0. The second-order valence-electron chi connectivity index (χ2n) is 4.10. The molecule has 7 heteroatoms. The van der Waals surface area contributed by atoms with Crippen molar-refractivity contribution in [2.75, 3.05) is 5.32 Å². The first kappa shape index (κ1) is 13.7. The maximum Gasteiger partial charge on any atom is 0.257 e. The predicted molar refractivity (Wildman–Crippen MR) is 82.5 cm³/mol. The summed E-state index contributed by atoms with van der Waals surface area (Å²) in [5.41, 5.74) is 1.38. The monoisotopic (exact) mass is 316 g/mol. The summed E-state index contributed by atoms with van der Waals surface area (Å²) in [5.74, 6) is -0.296. The van der Waals surface area contributed by atoms with E-state index in [2.05, 4.69) is 20.5 Å². The first-order valence-electron chi connectivity index (χ1n) is 6.04. The Hall–Kier alpha value is -2.31. The number of aromatic nitrogens is 3. The fourth-order valence-corrected chi connectivity index (χ4v) is 2.60. The van der Waals surface area contributed by atoms with Crippen LogP contribution in [0.2, 0.25) is 5.15 Å². The average molecular weight is 317 g/mol. The smallest absolute Gasteiger partial charge is 0.257 e. The molecule has 0 saturated carbocycles. The minimum atomic E-state index is -0.296. The van der Waals surface area contributed by atoms with Crippen molar-refractivity contribution < 1.29 is 4.79 Å². The number of carbonyl (C=O) groups excluding carboxylic acids is 1. The number of benzene rings is 1. The van der Waals surface area contributed by atoms with Crippen molar-refractivity contribution in [3.8, 4) is 10.6 Å². The summed E-state index contributed by atoms with van der Waals surface area (Å²) < 4.78 is 0. The lowest BCUT2D eigenvalue weighted by Gasteiger charge is -2.00. The lowest BCUT2D eigenvalue weighted by atomic mass is 10.2. The van der Waals surface area contributed by atoms with Crippen molar-refractivity contribution in [3.63, 3.8) is 0 Å². The Labute approximate surface area is 129 Å². The summed E-state index contributed by atoms with van der Waals surface area (Å²) in [5, 5.41) is 12.2. The van der Waals surface area contributed by atoms with Crippen LogP contribution in [0.15, 0.2) is 48.7 Å². The SMILES string of the molecule is O=C(Nc1nnc(-c2ccccc2)s1)c1ccnc(Cl)c1. The molecule has 5 nitrogen and oxygen atoms in total. The molecule has 2 aromatic heterocycles. The van der Waals surface area contributed by atoms with Gasteiger partial charge in [0.05, 0.1) is 0 Å². The van der Waals surface area contributed by atoms with Crippen LogP contribution in [0.1, 0.15) is 10.4 Å². The normalized spacial score (nSPS) is 10.3. The summed E-state index contributed by atoms with van der Waals surface area (Å²) in [4.78, 5) is 15.9. The zero-order valence-corrected chi connectivity index (χ0v) is 12.2. The van der Waals surface area contributed by atoms with Crippen LogP contribution >= 0.6 is 22.9 Å². The molecule has 21 heavy (non-hydrogen) atoms.